The van der Waals surface area contributed by atoms with Gasteiger partial charge in [-0.05, 0) is 86.9 Å². The maximum Gasteiger partial charge on any atom is 0.430 e. The van der Waals surface area contributed by atoms with E-state index >= 15 is 0 Å². The number of hydrogen-bond acceptors (Lipinski definition) is 5. The Kier molecular flexibility index (Phi) is 10.8. The summed E-state index contributed by atoms with van der Waals surface area (Å²) in [4.78, 5) is 24.1. The van der Waals surface area contributed by atoms with E-state index in [1.54, 1.807) is 0 Å². The van der Waals surface area contributed by atoms with Crippen LogP contribution in [0.4, 0.5) is 39.5 Å². The fourth-order valence-electron chi connectivity index (χ4n) is 7.15. The summed E-state index contributed by atoms with van der Waals surface area (Å²) in [6, 6.07) is 7.19. The van der Waals surface area contributed by atoms with Gasteiger partial charge in [0.05, 0.1) is 17.4 Å². The number of benzene rings is 3. The summed E-state index contributed by atoms with van der Waals surface area (Å²) in [6.07, 6.45) is -12.0. The van der Waals surface area contributed by atoms with E-state index < -0.39 is 102 Å². The number of ether oxygens (including phenoxy) is 1. The number of carbonyl (C=O) groups is 2. The minimum absolute atomic E-state index is 0.0186. The third kappa shape index (κ3) is 7.13. The highest BCUT2D eigenvalue weighted by molar-refractivity contribution is 7.92. The lowest BCUT2D eigenvalue weighted by atomic mass is 9.81. The molecule has 3 aromatic rings. The second-order valence-corrected chi connectivity index (χ2v) is 15.3. The van der Waals surface area contributed by atoms with Crippen LogP contribution >= 0.6 is 0 Å². The normalized spacial score (nSPS) is 23.0. The van der Waals surface area contributed by atoms with E-state index in [-0.39, 0.29) is 50.5 Å². The van der Waals surface area contributed by atoms with Crippen molar-refractivity contribution in [1.82, 2.24) is 5.32 Å². The molecule has 7 nitrogen and oxygen atoms in total. The lowest BCUT2D eigenvalue weighted by Crippen LogP contribution is -2.56. The van der Waals surface area contributed by atoms with Crippen molar-refractivity contribution in [2.45, 2.75) is 85.2 Å². The van der Waals surface area contributed by atoms with E-state index in [1.807, 2.05) is 0 Å². The smallest absolute Gasteiger partial charge is 0.430 e. The van der Waals surface area contributed by atoms with Crippen molar-refractivity contribution in [3.05, 3.63) is 101 Å². The van der Waals surface area contributed by atoms with Crippen molar-refractivity contribution in [1.29, 1.82) is 0 Å². The molecule has 2 fully saturated rings. The predicted molar refractivity (Wildman–Crippen MR) is 166 cm³/mol. The summed E-state index contributed by atoms with van der Waals surface area (Å²) < 4.78 is 160. The Morgan fingerprint density at radius 3 is 1.85 bits per heavy atom. The third-order valence-electron chi connectivity index (χ3n) is 10.0. The zero-order valence-corrected chi connectivity index (χ0v) is 27.9. The van der Waals surface area contributed by atoms with E-state index in [1.165, 1.54) is 0 Å². The van der Waals surface area contributed by atoms with Gasteiger partial charge in [0.1, 0.15) is 22.2 Å². The van der Waals surface area contributed by atoms with Crippen molar-refractivity contribution in [2.75, 3.05) is 0 Å². The van der Waals surface area contributed by atoms with Crippen molar-refractivity contribution in [3.63, 3.8) is 0 Å². The first kappa shape index (κ1) is 39.1. The number of amides is 1. The zero-order chi connectivity index (χ0) is 38.3. The number of halogens is 9. The van der Waals surface area contributed by atoms with Gasteiger partial charge in [-0.25, -0.2) is 21.6 Å². The highest BCUT2D eigenvalue weighted by atomic mass is 32.2. The van der Waals surface area contributed by atoms with Gasteiger partial charge < -0.3 is 15.2 Å². The average molecular weight is 766 g/mol. The highest BCUT2D eigenvalue weighted by Crippen LogP contribution is 2.55. The Morgan fingerprint density at radius 1 is 0.788 bits per heavy atom. The average Bonchev–Trinajstić information content (AvgIpc) is 3.51. The van der Waals surface area contributed by atoms with E-state index in [9.17, 15) is 62.6 Å². The fraction of sp³-hybridized carbons (Fsp3) is 0.429. The number of alkyl halides is 6. The van der Waals surface area contributed by atoms with Crippen LogP contribution in [-0.2, 0) is 41.1 Å². The number of carboxylic acid groups (broad SMARTS) is 1. The van der Waals surface area contributed by atoms with Gasteiger partial charge in [0.15, 0.2) is 9.84 Å². The van der Waals surface area contributed by atoms with Crippen LogP contribution in [0.1, 0.15) is 61.6 Å². The van der Waals surface area contributed by atoms with Crippen molar-refractivity contribution < 1.29 is 67.4 Å². The Labute approximate surface area is 292 Å². The molecule has 282 valence electrons. The monoisotopic (exact) mass is 765 g/mol. The van der Waals surface area contributed by atoms with Crippen LogP contribution in [0.15, 0.2) is 71.6 Å². The minimum atomic E-state index is -6.24. The molecular weight excluding hydrogens is 733 g/mol. The van der Waals surface area contributed by atoms with Crippen LogP contribution in [0.3, 0.4) is 0 Å². The van der Waals surface area contributed by atoms with Crippen molar-refractivity contribution in [2.24, 2.45) is 11.8 Å². The molecule has 0 aliphatic heterocycles. The van der Waals surface area contributed by atoms with Crippen molar-refractivity contribution in [3.8, 4) is 0 Å². The lowest BCUT2D eigenvalue weighted by molar-refractivity contribution is -0.392. The van der Waals surface area contributed by atoms with Gasteiger partial charge in [-0.2, -0.15) is 26.3 Å². The molecule has 2 atom stereocenters. The summed E-state index contributed by atoms with van der Waals surface area (Å²) in [5, 5.41) is 12.0. The van der Waals surface area contributed by atoms with Gasteiger partial charge in [0, 0.05) is 23.1 Å². The van der Waals surface area contributed by atoms with Crippen LogP contribution in [0.5, 0.6) is 0 Å². The molecule has 2 unspecified atom stereocenters. The molecular formula is C35H32F9NO6S. The molecule has 2 aliphatic carbocycles. The number of carbonyl (C=O) groups excluding carboxylic acids is 1. The van der Waals surface area contributed by atoms with E-state index in [0.717, 1.165) is 42.5 Å². The molecule has 0 radical (unpaired) electrons. The van der Waals surface area contributed by atoms with Crippen LogP contribution in [0, 0.1) is 29.3 Å². The Morgan fingerprint density at radius 2 is 1.33 bits per heavy atom. The first-order chi connectivity index (χ1) is 24.2. The van der Waals surface area contributed by atoms with E-state index in [4.69, 9.17) is 0 Å². The van der Waals surface area contributed by atoms with Crippen LogP contribution in [-0.4, -0.2) is 43.8 Å². The Balaban J connectivity index is 1.52. The molecule has 0 aromatic heterocycles. The number of rotatable bonds is 10. The van der Waals surface area contributed by atoms with E-state index in [2.05, 4.69) is 10.1 Å². The van der Waals surface area contributed by atoms with Crippen LogP contribution in [0.2, 0.25) is 0 Å². The number of carboxylic acids is 1. The molecule has 0 saturated heterocycles. The number of nitrogens with one attached hydrogen (secondary N) is 1. The minimum Gasteiger partial charge on any atom is -0.481 e. The second-order valence-electron chi connectivity index (χ2n) is 13.0. The van der Waals surface area contributed by atoms with Gasteiger partial charge in [0.2, 0.25) is 5.91 Å². The number of aliphatic carboxylic acids is 1. The largest absolute Gasteiger partial charge is 0.481 e. The van der Waals surface area contributed by atoms with Crippen LogP contribution in [0.25, 0.3) is 0 Å². The predicted octanol–water partition coefficient (Wildman–Crippen LogP) is 7.87. The SMILES string of the molecule is O=C(O)C1CCC(C(=O)NC2CCC(c3ccc(C(OCc4c(F)cccc4F)(C(F)(F)F)C(F)(F)F)cc3)(S(=O)(=O)c3ccc(F)cc3)C2)CC1. The molecule has 52 heavy (non-hydrogen) atoms. The molecule has 0 bridgehead atoms. The standard InChI is InChI=1S/C35H32F9NO6S/c36-24-12-14-26(15-13-24)52(49,50)32(17-16-25(18-32)45-30(46)20-4-6-21(7-5-20)31(47)48)22-8-10-23(11-9-22)33(34(39,40)41,35(42,43)44)51-19-27-28(37)2-1-3-29(27)38/h1-3,8-15,20-21,25H,4-7,16-19H2,(H,45,46)(H,47,48). The summed E-state index contributed by atoms with van der Waals surface area (Å²) in [6.45, 7) is -1.78. The highest BCUT2D eigenvalue weighted by Gasteiger charge is 2.73. The Hall–Kier alpha value is -4.12. The van der Waals surface area contributed by atoms with E-state index in [0.29, 0.717) is 24.3 Å². The molecule has 0 spiro atoms. The quantitative estimate of drug-likeness (QED) is 0.161. The summed E-state index contributed by atoms with van der Waals surface area (Å²) in [5.41, 5.74) is -8.09. The molecule has 5 rings (SSSR count). The Bertz CT molecular complexity index is 1860. The molecule has 2 saturated carbocycles. The topological polar surface area (TPSA) is 110 Å². The summed E-state index contributed by atoms with van der Waals surface area (Å²) >= 11 is 0. The molecule has 2 N–H and O–H groups in total. The lowest BCUT2D eigenvalue weighted by Gasteiger charge is -2.38. The molecule has 2 aliphatic rings. The third-order valence-corrected chi connectivity index (χ3v) is 12.5. The fourth-order valence-corrected chi connectivity index (χ4v) is 9.35. The van der Waals surface area contributed by atoms with Gasteiger partial charge in [-0.1, -0.05) is 30.3 Å². The van der Waals surface area contributed by atoms with Gasteiger partial charge in [-0.15, -0.1) is 0 Å². The first-order valence-electron chi connectivity index (χ1n) is 16.1. The molecule has 0 heterocycles. The van der Waals surface area contributed by atoms with Crippen LogP contribution < -0.4 is 5.32 Å². The number of sulfone groups is 1. The number of hydrogen-bond donors (Lipinski definition) is 2. The zero-order valence-electron chi connectivity index (χ0n) is 27.0. The molecule has 17 heteroatoms. The first-order valence-corrected chi connectivity index (χ1v) is 17.6. The van der Waals surface area contributed by atoms with Gasteiger partial charge in [-0.3, -0.25) is 9.59 Å². The summed E-state index contributed by atoms with van der Waals surface area (Å²) in [7, 11) is -4.58. The maximum atomic E-state index is 14.5. The second kappa shape index (κ2) is 14.4. The molecule has 3 aromatic carbocycles. The molecule has 1 amide bonds. The van der Waals surface area contributed by atoms with Gasteiger partial charge >= 0.3 is 18.3 Å². The maximum absolute atomic E-state index is 14.5. The van der Waals surface area contributed by atoms with Crippen molar-refractivity contribution >= 4 is 21.7 Å². The summed E-state index contributed by atoms with van der Waals surface area (Å²) in [5.74, 6) is -6.28. The van der Waals surface area contributed by atoms with Gasteiger partial charge in [0.25, 0.3) is 5.60 Å².